The van der Waals surface area contributed by atoms with Gasteiger partial charge in [0.05, 0.1) is 6.04 Å². The van der Waals surface area contributed by atoms with Crippen LogP contribution in [0.2, 0.25) is 0 Å². The summed E-state index contributed by atoms with van der Waals surface area (Å²) in [6.07, 6.45) is 0. The molecule has 1 aromatic carbocycles. The maximum absolute atomic E-state index is 3.63. The van der Waals surface area contributed by atoms with Gasteiger partial charge < -0.3 is 5.32 Å². The van der Waals surface area contributed by atoms with Crippen LogP contribution >= 0.6 is 38.6 Å². The van der Waals surface area contributed by atoms with Gasteiger partial charge in [-0.25, -0.2) is 0 Å². The van der Waals surface area contributed by atoms with E-state index >= 15 is 0 Å². The molecule has 2 aromatic heterocycles. The summed E-state index contributed by atoms with van der Waals surface area (Å²) in [7, 11) is 0. The normalized spacial score (nSPS) is 12.3. The molecule has 0 radical (unpaired) electrons. The predicted molar refractivity (Wildman–Crippen MR) is 93.8 cm³/mol. The monoisotopic (exact) mass is 363 g/mol. The minimum atomic E-state index is 0.283. The lowest BCUT2D eigenvalue weighted by atomic mass is 10.1. The van der Waals surface area contributed by atoms with Crippen molar-refractivity contribution in [2.24, 2.45) is 0 Å². The zero-order valence-corrected chi connectivity index (χ0v) is 14.2. The van der Waals surface area contributed by atoms with Crippen molar-refractivity contribution in [3.63, 3.8) is 0 Å². The summed E-state index contributed by atoms with van der Waals surface area (Å²) in [5.74, 6) is 0. The van der Waals surface area contributed by atoms with Crippen LogP contribution in [0, 0.1) is 0 Å². The Hall–Kier alpha value is -1.10. The van der Waals surface area contributed by atoms with E-state index in [2.05, 4.69) is 81.4 Å². The second-order valence-electron chi connectivity index (χ2n) is 4.52. The third-order valence-corrected chi connectivity index (χ3v) is 6.08. The van der Waals surface area contributed by atoms with Gasteiger partial charge in [-0.15, -0.1) is 22.7 Å². The molecule has 0 saturated heterocycles. The minimum Gasteiger partial charge on any atom is -0.377 e. The molecular weight excluding hydrogens is 350 g/mol. The molecule has 1 nitrogen and oxygen atoms in total. The number of anilines is 1. The van der Waals surface area contributed by atoms with Crippen LogP contribution in [-0.2, 0) is 0 Å². The first-order valence-electron chi connectivity index (χ1n) is 6.38. The van der Waals surface area contributed by atoms with Gasteiger partial charge in [0.25, 0.3) is 0 Å². The Morgan fingerprint density at radius 3 is 2.55 bits per heavy atom. The molecule has 0 bridgehead atoms. The van der Waals surface area contributed by atoms with Crippen molar-refractivity contribution in [3.8, 4) is 10.4 Å². The van der Waals surface area contributed by atoms with Crippen LogP contribution in [0.1, 0.15) is 17.8 Å². The molecule has 0 aliphatic carbocycles. The maximum atomic E-state index is 3.63. The zero-order chi connectivity index (χ0) is 13.9. The molecule has 0 aliphatic rings. The molecule has 1 N–H and O–H groups in total. The highest BCUT2D eigenvalue weighted by Crippen LogP contribution is 2.35. The molecule has 2 heterocycles. The van der Waals surface area contributed by atoms with Crippen LogP contribution < -0.4 is 5.32 Å². The van der Waals surface area contributed by atoms with Crippen LogP contribution in [0.5, 0.6) is 0 Å². The Morgan fingerprint density at radius 2 is 1.85 bits per heavy atom. The van der Waals surface area contributed by atoms with E-state index in [0.29, 0.717) is 0 Å². The van der Waals surface area contributed by atoms with Gasteiger partial charge in [-0.1, -0.05) is 24.3 Å². The van der Waals surface area contributed by atoms with Crippen molar-refractivity contribution >= 4 is 44.3 Å². The molecule has 102 valence electrons. The van der Waals surface area contributed by atoms with Gasteiger partial charge in [-0.2, -0.15) is 0 Å². The summed E-state index contributed by atoms with van der Waals surface area (Å²) < 4.78 is 1.18. The fraction of sp³-hybridized carbons (Fsp3) is 0.125. The van der Waals surface area contributed by atoms with Crippen molar-refractivity contribution in [1.29, 1.82) is 0 Å². The van der Waals surface area contributed by atoms with E-state index in [1.807, 2.05) is 0 Å². The van der Waals surface area contributed by atoms with Crippen LogP contribution in [-0.4, -0.2) is 0 Å². The molecule has 0 aliphatic heterocycles. The van der Waals surface area contributed by atoms with Gasteiger partial charge in [-0.05, 0) is 51.8 Å². The molecule has 20 heavy (non-hydrogen) atoms. The van der Waals surface area contributed by atoms with E-state index in [-0.39, 0.29) is 6.04 Å². The standard InChI is InChI=1S/C16H14BrNS2/c1-11(16-13(17)8-10-20-16)18-14-6-3-2-5-12(14)15-7-4-9-19-15/h2-11,18H,1H3. The second kappa shape index (κ2) is 6.12. The zero-order valence-electron chi connectivity index (χ0n) is 11.0. The third kappa shape index (κ3) is 2.82. The third-order valence-electron chi connectivity index (χ3n) is 3.12. The summed E-state index contributed by atoms with van der Waals surface area (Å²) in [6.45, 7) is 2.20. The van der Waals surface area contributed by atoms with E-state index in [0.717, 1.165) is 0 Å². The fourth-order valence-electron chi connectivity index (χ4n) is 2.17. The Bertz CT molecular complexity index is 688. The SMILES string of the molecule is CC(Nc1ccccc1-c1cccs1)c1sccc1Br. The first-order chi connectivity index (χ1) is 9.75. The van der Waals surface area contributed by atoms with Crippen LogP contribution in [0.4, 0.5) is 5.69 Å². The number of thiophene rings is 2. The number of rotatable bonds is 4. The average Bonchev–Trinajstić information content (AvgIpc) is 3.10. The molecule has 3 rings (SSSR count). The molecular formula is C16H14BrNS2. The molecule has 0 fully saturated rings. The van der Waals surface area contributed by atoms with E-state index in [4.69, 9.17) is 0 Å². The van der Waals surface area contributed by atoms with Crippen molar-refractivity contribution in [2.45, 2.75) is 13.0 Å². The van der Waals surface area contributed by atoms with Gasteiger partial charge in [0, 0.05) is 25.5 Å². The highest BCUT2D eigenvalue weighted by atomic mass is 79.9. The first kappa shape index (κ1) is 13.9. The molecule has 1 atom stereocenters. The summed E-state index contributed by atoms with van der Waals surface area (Å²) in [6, 6.07) is 15.1. The largest absolute Gasteiger partial charge is 0.377 e. The van der Waals surface area contributed by atoms with Crippen molar-refractivity contribution in [2.75, 3.05) is 5.32 Å². The number of hydrogen-bond acceptors (Lipinski definition) is 3. The Kier molecular flexibility index (Phi) is 4.24. The molecule has 4 heteroatoms. The van der Waals surface area contributed by atoms with Gasteiger partial charge in [0.15, 0.2) is 0 Å². The average molecular weight is 364 g/mol. The van der Waals surface area contributed by atoms with Crippen LogP contribution in [0.3, 0.4) is 0 Å². The highest BCUT2D eigenvalue weighted by molar-refractivity contribution is 9.10. The maximum Gasteiger partial charge on any atom is 0.0590 e. The van der Waals surface area contributed by atoms with Gasteiger partial charge in [0.2, 0.25) is 0 Å². The number of benzene rings is 1. The molecule has 3 aromatic rings. The summed E-state index contributed by atoms with van der Waals surface area (Å²) in [4.78, 5) is 2.62. The lowest BCUT2D eigenvalue weighted by molar-refractivity contribution is 0.904. The molecule has 0 spiro atoms. The smallest absolute Gasteiger partial charge is 0.0590 e. The summed E-state index contributed by atoms with van der Waals surface area (Å²) in [5.41, 5.74) is 2.45. The second-order valence-corrected chi connectivity index (χ2v) is 7.27. The highest BCUT2D eigenvalue weighted by Gasteiger charge is 2.13. The van der Waals surface area contributed by atoms with Crippen molar-refractivity contribution in [1.82, 2.24) is 0 Å². The Morgan fingerprint density at radius 1 is 1.00 bits per heavy atom. The van der Waals surface area contributed by atoms with E-state index < -0.39 is 0 Å². The first-order valence-corrected chi connectivity index (χ1v) is 8.93. The van der Waals surface area contributed by atoms with E-state index in [9.17, 15) is 0 Å². The number of para-hydroxylation sites is 1. The summed E-state index contributed by atoms with van der Waals surface area (Å²) >= 11 is 7.15. The minimum absolute atomic E-state index is 0.283. The lowest BCUT2D eigenvalue weighted by Gasteiger charge is -2.17. The van der Waals surface area contributed by atoms with Gasteiger partial charge >= 0.3 is 0 Å². The number of hydrogen-bond donors (Lipinski definition) is 1. The molecule has 1 unspecified atom stereocenters. The lowest BCUT2D eigenvalue weighted by Crippen LogP contribution is -2.06. The van der Waals surface area contributed by atoms with Gasteiger partial charge in [0.1, 0.15) is 0 Å². The number of nitrogens with one attached hydrogen (secondary N) is 1. The Labute approximate surface area is 135 Å². The summed E-state index contributed by atoms with van der Waals surface area (Å²) in [5, 5.41) is 7.86. The van der Waals surface area contributed by atoms with Crippen LogP contribution in [0.15, 0.2) is 57.7 Å². The van der Waals surface area contributed by atoms with Crippen LogP contribution in [0.25, 0.3) is 10.4 Å². The van der Waals surface area contributed by atoms with Crippen molar-refractivity contribution in [3.05, 3.63) is 62.6 Å². The fourth-order valence-corrected chi connectivity index (χ4v) is 4.66. The van der Waals surface area contributed by atoms with Gasteiger partial charge in [-0.3, -0.25) is 0 Å². The van der Waals surface area contributed by atoms with E-state index in [1.54, 1.807) is 22.7 Å². The van der Waals surface area contributed by atoms with E-state index in [1.165, 1.54) is 25.5 Å². The Balaban J connectivity index is 1.90. The van der Waals surface area contributed by atoms with Crippen molar-refractivity contribution < 1.29 is 0 Å². The molecule has 0 saturated carbocycles. The quantitative estimate of drug-likeness (QED) is 0.564. The topological polar surface area (TPSA) is 12.0 Å². The predicted octanol–water partition coefficient (Wildman–Crippen LogP) is 6.41. The molecule has 0 amide bonds. The number of halogens is 1.